The molecule has 3 aromatic heterocycles. The van der Waals surface area contributed by atoms with Crippen molar-refractivity contribution in [2.24, 2.45) is 0 Å². The second kappa shape index (κ2) is 5.60. The molecule has 0 spiro atoms. The number of carbonyl (C=O) groups excluding carboxylic acids is 1. The van der Waals surface area contributed by atoms with Gasteiger partial charge in [-0.1, -0.05) is 0 Å². The first-order valence-electron chi connectivity index (χ1n) is 6.05. The van der Waals surface area contributed by atoms with Crippen LogP contribution in [0.5, 0.6) is 0 Å². The molecule has 0 radical (unpaired) electrons. The number of nitrogens with zero attached hydrogens (tertiary/aromatic N) is 1. The van der Waals surface area contributed by atoms with Crippen LogP contribution in [0.2, 0.25) is 0 Å². The number of thiophene rings is 1. The van der Waals surface area contributed by atoms with Gasteiger partial charge in [0.05, 0.1) is 23.4 Å². The molecule has 0 fully saturated rings. The average molecular weight is 304 g/mol. The SMILES string of the molecule is CC(=O)NCc1ccc(-c2csc(-c3ccco3)n2)s1. The first-order valence-corrected chi connectivity index (χ1v) is 7.75. The molecule has 3 aromatic rings. The van der Waals surface area contributed by atoms with Crippen molar-refractivity contribution in [3.05, 3.63) is 40.8 Å². The summed E-state index contributed by atoms with van der Waals surface area (Å²) < 4.78 is 5.34. The number of hydrogen-bond donors (Lipinski definition) is 1. The van der Waals surface area contributed by atoms with E-state index in [9.17, 15) is 4.79 Å². The molecule has 102 valence electrons. The molecule has 0 unspecified atom stereocenters. The van der Waals surface area contributed by atoms with Gasteiger partial charge in [0.15, 0.2) is 10.8 Å². The van der Waals surface area contributed by atoms with Crippen molar-refractivity contribution in [2.75, 3.05) is 0 Å². The largest absolute Gasteiger partial charge is 0.462 e. The van der Waals surface area contributed by atoms with Crippen molar-refractivity contribution in [3.8, 4) is 21.3 Å². The molecule has 0 bridgehead atoms. The highest BCUT2D eigenvalue weighted by Crippen LogP contribution is 2.32. The van der Waals surface area contributed by atoms with Gasteiger partial charge in [0.2, 0.25) is 5.91 Å². The van der Waals surface area contributed by atoms with Crippen LogP contribution in [0.15, 0.2) is 40.3 Å². The fraction of sp³-hybridized carbons (Fsp3) is 0.143. The van der Waals surface area contributed by atoms with E-state index < -0.39 is 0 Å². The number of nitrogens with one attached hydrogen (secondary N) is 1. The highest BCUT2D eigenvalue weighted by molar-refractivity contribution is 7.16. The molecule has 20 heavy (non-hydrogen) atoms. The van der Waals surface area contributed by atoms with Gasteiger partial charge >= 0.3 is 0 Å². The molecule has 0 atom stereocenters. The number of hydrogen-bond acceptors (Lipinski definition) is 5. The van der Waals surface area contributed by atoms with E-state index >= 15 is 0 Å². The Hall–Kier alpha value is -1.92. The number of thiazole rings is 1. The lowest BCUT2D eigenvalue weighted by molar-refractivity contribution is -0.119. The van der Waals surface area contributed by atoms with Gasteiger partial charge in [0, 0.05) is 17.2 Å². The van der Waals surface area contributed by atoms with Gasteiger partial charge < -0.3 is 9.73 Å². The summed E-state index contributed by atoms with van der Waals surface area (Å²) >= 11 is 3.20. The maximum absolute atomic E-state index is 10.9. The van der Waals surface area contributed by atoms with Crippen LogP contribution < -0.4 is 5.32 Å². The number of carbonyl (C=O) groups is 1. The average Bonchev–Trinajstić information content (AvgIpc) is 3.15. The van der Waals surface area contributed by atoms with Gasteiger partial charge in [0.1, 0.15) is 0 Å². The molecule has 1 N–H and O–H groups in total. The number of rotatable bonds is 4. The second-order valence-corrected chi connectivity index (χ2v) is 6.22. The molecular formula is C14H12N2O2S2. The number of furan rings is 1. The van der Waals surface area contributed by atoms with Crippen LogP contribution in [0.3, 0.4) is 0 Å². The molecule has 0 aliphatic rings. The standard InChI is InChI=1S/C14H12N2O2S2/c1-9(17)15-7-10-4-5-13(20-10)11-8-19-14(16-11)12-3-2-6-18-12/h2-6,8H,7H2,1H3,(H,15,17). The summed E-state index contributed by atoms with van der Waals surface area (Å²) in [6.45, 7) is 2.08. The number of aromatic nitrogens is 1. The Bertz CT molecular complexity index is 713. The van der Waals surface area contributed by atoms with E-state index in [-0.39, 0.29) is 5.91 Å². The van der Waals surface area contributed by atoms with Gasteiger partial charge in [-0.25, -0.2) is 4.98 Å². The van der Waals surface area contributed by atoms with E-state index in [0.717, 1.165) is 26.2 Å². The van der Waals surface area contributed by atoms with Gasteiger partial charge in [-0.05, 0) is 24.3 Å². The van der Waals surface area contributed by atoms with Crippen molar-refractivity contribution < 1.29 is 9.21 Å². The molecule has 6 heteroatoms. The fourth-order valence-corrected chi connectivity index (χ4v) is 3.49. The third-order valence-electron chi connectivity index (χ3n) is 2.66. The van der Waals surface area contributed by atoms with E-state index in [1.54, 1.807) is 28.9 Å². The Labute approximate surface area is 124 Å². The third-order valence-corrected chi connectivity index (χ3v) is 4.63. The maximum atomic E-state index is 10.9. The zero-order valence-electron chi connectivity index (χ0n) is 10.8. The highest BCUT2D eigenvalue weighted by Gasteiger charge is 2.10. The van der Waals surface area contributed by atoms with Crippen molar-refractivity contribution in [2.45, 2.75) is 13.5 Å². The zero-order valence-corrected chi connectivity index (χ0v) is 12.4. The van der Waals surface area contributed by atoms with Crippen molar-refractivity contribution in [3.63, 3.8) is 0 Å². The monoisotopic (exact) mass is 304 g/mol. The van der Waals surface area contributed by atoms with E-state index in [4.69, 9.17) is 4.42 Å². The Balaban J connectivity index is 1.78. The summed E-state index contributed by atoms with van der Waals surface area (Å²) in [5.41, 5.74) is 0.945. The molecule has 0 aromatic carbocycles. The van der Waals surface area contributed by atoms with Crippen LogP contribution >= 0.6 is 22.7 Å². The van der Waals surface area contributed by atoms with Crippen molar-refractivity contribution in [1.82, 2.24) is 10.3 Å². The Morgan fingerprint density at radius 1 is 1.40 bits per heavy atom. The Morgan fingerprint density at radius 3 is 3.05 bits per heavy atom. The summed E-state index contributed by atoms with van der Waals surface area (Å²) in [4.78, 5) is 17.7. The van der Waals surface area contributed by atoms with Crippen LogP contribution in [0.1, 0.15) is 11.8 Å². The van der Waals surface area contributed by atoms with Crippen LogP contribution in [0.25, 0.3) is 21.3 Å². The molecule has 0 aliphatic carbocycles. The first-order chi connectivity index (χ1) is 9.72. The second-order valence-electron chi connectivity index (χ2n) is 4.19. The molecule has 0 saturated heterocycles. The van der Waals surface area contributed by atoms with Crippen molar-refractivity contribution in [1.29, 1.82) is 0 Å². The quantitative estimate of drug-likeness (QED) is 0.798. The van der Waals surface area contributed by atoms with Gasteiger partial charge in [-0.2, -0.15) is 0 Å². The molecule has 0 aliphatic heterocycles. The molecular weight excluding hydrogens is 292 g/mol. The lowest BCUT2D eigenvalue weighted by Gasteiger charge is -1.97. The maximum Gasteiger partial charge on any atom is 0.217 e. The lowest BCUT2D eigenvalue weighted by Crippen LogP contribution is -2.17. The molecule has 3 rings (SSSR count). The minimum atomic E-state index is -0.0197. The smallest absolute Gasteiger partial charge is 0.217 e. The molecule has 4 nitrogen and oxygen atoms in total. The molecule has 0 saturated carbocycles. The van der Waals surface area contributed by atoms with E-state index in [1.807, 2.05) is 29.6 Å². The minimum Gasteiger partial charge on any atom is -0.462 e. The highest BCUT2D eigenvalue weighted by atomic mass is 32.1. The van der Waals surface area contributed by atoms with Gasteiger partial charge in [0.25, 0.3) is 0 Å². The third kappa shape index (κ3) is 2.81. The fourth-order valence-electron chi connectivity index (χ4n) is 1.72. The van der Waals surface area contributed by atoms with Crippen LogP contribution in [-0.4, -0.2) is 10.9 Å². The topological polar surface area (TPSA) is 55.1 Å². The first kappa shape index (κ1) is 13.1. The van der Waals surface area contributed by atoms with Gasteiger partial charge in [-0.15, -0.1) is 22.7 Å². The van der Waals surface area contributed by atoms with Crippen molar-refractivity contribution >= 4 is 28.6 Å². The normalized spacial score (nSPS) is 10.7. The molecule has 3 heterocycles. The Morgan fingerprint density at radius 2 is 2.30 bits per heavy atom. The lowest BCUT2D eigenvalue weighted by atomic mass is 10.3. The van der Waals surface area contributed by atoms with E-state index in [2.05, 4.69) is 10.3 Å². The summed E-state index contributed by atoms with van der Waals surface area (Å²) in [7, 11) is 0. The Kier molecular flexibility index (Phi) is 3.66. The zero-order chi connectivity index (χ0) is 13.9. The van der Waals surface area contributed by atoms with E-state index in [0.29, 0.717) is 6.54 Å². The van der Waals surface area contributed by atoms with Crippen LogP contribution in [0.4, 0.5) is 0 Å². The predicted octanol–water partition coefficient (Wildman–Crippen LogP) is 3.77. The summed E-state index contributed by atoms with van der Waals surface area (Å²) in [5.74, 6) is 0.769. The van der Waals surface area contributed by atoms with E-state index in [1.165, 1.54) is 6.92 Å². The number of amides is 1. The summed E-state index contributed by atoms with van der Waals surface area (Å²) in [6.07, 6.45) is 1.65. The minimum absolute atomic E-state index is 0.0197. The van der Waals surface area contributed by atoms with Gasteiger partial charge in [-0.3, -0.25) is 4.79 Å². The summed E-state index contributed by atoms with van der Waals surface area (Å²) in [5, 5.41) is 5.69. The van der Waals surface area contributed by atoms with Crippen LogP contribution in [0, 0.1) is 0 Å². The van der Waals surface area contributed by atoms with Crippen LogP contribution in [-0.2, 0) is 11.3 Å². The predicted molar refractivity (Wildman–Crippen MR) is 80.6 cm³/mol. The summed E-state index contributed by atoms with van der Waals surface area (Å²) in [6, 6.07) is 7.80. The molecule has 1 amide bonds.